The Morgan fingerprint density at radius 1 is 1.02 bits per heavy atom. The minimum atomic E-state index is -2.43. The molecule has 0 radical (unpaired) electrons. The Hall–Kier alpha value is -3.48. The fraction of sp³-hybridized carbons (Fsp3) is 0.595. The Morgan fingerprint density at radius 3 is 2.46 bits per heavy atom. The molecule has 3 saturated heterocycles. The number of aliphatic hydroxyl groups excluding tert-OH is 1. The summed E-state index contributed by atoms with van der Waals surface area (Å²) in [5.74, 6) is -0.000988. The summed E-state index contributed by atoms with van der Waals surface area (Å²) in [5, 5.41) is 12.4. The number of aliphatic hydroxyl groups is 1. The van der Waals surface area contributed by atoms with Gasteiger partial charge in [0.05, 0.1) is 17.0 Å². The fourth-order valence-corrected chi connectivity index (χ4v) is 15.4. The van der Waals surface area contributed by atoms with E-state index in [-0.39, 0.29) is 35.7 Å². The molecular formula is C42H56F3N5O3Si. The summed E-state index contributed by atoms with van der Waals surface area (Å²) >= 11 is 0. The van der Waals surface area contributed by atoms with Gasteiger partial charge in [0.25, 0.3) is 8.32 Å². The van der Waals surface area contributed by atoms with Crippen molar-refractivity contribution in [2.24, 2.45) is 0 Å². The summed E-state index contributed by atoms with van der Waals surface area (Å²) in [4.78, 5) is 18.4. The van der Waals surface area contributed by atoms with Gasteiger partial charge in [0.1, 0.15) is 41.4 Å². The third kappa shape index (κ3) is 6.63. The van der Waals surface area contributed by atoms with Crippen molar-refractivity contribution >= 4 is 35.8 Å². The number of pyridine rings is 1. The molecule has 0 bridgehead atoms. The molecule has 0 aliphatic carbocycles. The summed E-state index contributed by atoms with van der Waals surface area (Å²) in [5.41, 5.74) is 1.40. The molecule has 1 N–H and O–H groups in total. The fourth-order valence-electron chi connectivity index (χ4n) is 10.2. The van der Waals surface area contributed by atoms with Crippen LogP contribution in [-0.4, -0.2) is 83.4 Å². The van der Waals surface area contributed by atoms with Crippen LogP contribution in [0.5, 0.6) is 11.8 Å². The Balaban J connectivity index is 1.42. The van der Waals surface area contributed by atoms with Crippen LogP contribution in [0.4, 0.5) is 19.0 Å². The average molecular weight is 764 g/mol. The van der Waals surface area contributed by atoms with E-state index >= 15 is 8.78 Å². The van der Waals surface area contributed by atoms with E-state index in [0.717, 1.165) is 31.2 Å². The maximum Gasteiger partial charge on any atom is 0.319 e. The largest absolute Gasteiger partial charge is 0.543 e. The van der Waals surface area contributed by atoms with Crippen molar-refractivity contribution in [3.8, 4) is 23.0 Å². The van der Waals surface area contributed by atoms with Crippen LogP contribution in [0.2, 0.25) is 16.6 Å². The van der Waals surface area contributed by atoms with E-state index in [9.17, 15) is 9.50 Å². The van der Waals surface area contributed by atoms with E-state index in [0.29, 0.717) is 82.4 Å². The highest BCUT2D eigenvalue weighted by Gasteiger charge is 2.50. The van der Waals surface area contributed by atoms with Gasteiger partial charge in [-0.3, -0.25) is 9.88 Å². The van der Waals surface area contributed by atoms with Crippen molar-refractivity contribution in [1.82, 2.24) is 19.9 Å². The number of aromatic nitrogens is 3. The standard InChI is InChI=1S/C42H56F3N5O3Si/c1-9-32-35(44)14-12-28-17-31(53-54(24(2)3,25(4)5)26(6)7)18-33(36(28)32)38-37(45)39-34(20-46-38)40(50-22-30(51)13-11-27(50)8)48-41(47-39)52-23-42-15-10-16-49(42)21-29(43)19-42/h12,14,17-18,20,24-27,29-30,51H,9-11,13,15-16,19,21-23H2,1-8H3/t27-,29-,30-,42+/m1/s1. The number of piperidine rings is 1. The predicted octanol–water partition coefficient (Wildman–Crippen LogP) is 9.54. The van der Waals surface area contributed by atoms with Crippen LogP contribution in [0.3, 0.4) is 0 Å². The van der Waals surface area contributed by atoms with Gasteiger partial charge in [-0.25, -0.2) is 13.2 Å². The van der Waals surface area contributed by atoms with Crippen LogP contribution in [0, 0.1) is 11.6 Å². The molecule has 2 aromatic carbocycles. The first-order valence-electron chi connectivity index (χ1n) is 20.0. The SMILES string of the molecule is CCc1c(F)ccc2cc(O[Si](C(C)C)(C(C)C)C(C)C)cc(-c3ncc4c(N5C[C@H](O)CC[C@H]5C)nc(OC[C@@]56CCCN5C[C@H](F)C6)nc4c3F)c12. The summed E-state index contributed by atoms with van der Waals surface area (Å²) in [7, 11) is -2.43. The topological polar surface area (TPSA) is 83.8 Å². The number of rotatable bonds is 11. The number of alkyl halides is 1. The number of halogens is 3. The van der Waals surface area contributed by atoms with Gasteiger partial charge in [0.15, 0.2) is 5.82 Å². The van der Waals surface area contributed by atoms with E-state index in [1.165, 1.54) is 6.07 Å². The summed E-state index contributed by atoms with van der Waals surface area (Å²) in [6.07, 6.45) is 4.00. The van der Waals surface area contributed by atoms with Crippen LogP contribution in [0.1, 0.15) is 93.1 Å². The summed E-state index contributed by atoms with van der Waals surface area (Å²) in [6.45, 7) is 18.9. The number of nitrogens with zero attached hydrogens (tertiary/aromatic N) is 5. The third-order valence-electron chi connectivity index (χ3n) is 12.8. The summed E-state index contributed by atoms with van der Waals surface area (Å²) < 4.78 is 61.2. The molecule has 54 heavy (non-hydrogen) atoms. The normalized spacial score (nSPS) is 23.8. The Labute approximate surface area is 318 Å². The van der Waals surface area contributed by atoms with E-state index in [2.05, 4.69) is 53.4 Å². The summed E-state index contributed by atoms with van der Waals surface area (Å²) in [6, 6.07) is 6.98. The van der Waals surface area contributed by atoms with Crippen LogP contribution < -0.4 is 14.1 Å². The van der Waals surface area contributed by atoms with E-state index < -0.39 is 31.9 Å². The van der Waals surface area contributed by atoms with Crippen LogP contribution in [0.15, 0.2) is 30.5 Å². The van der Waals surface area contributed by atoms with E-state index in [1.807, 2.05) is 24.0 Å². The molecule has 3 fully saturated rings. The maximum absolute atomic E-state index is 17.5. The molecule has 3 aliphatic heterocycles. The molecule has 3 aliphatic rings. The highest BCUT2D eigenvalue weighted by molar-refractivity contribution is 6.78. The number of aryl methyl sites for hydroxylation is 1. The lowest BCUT2D eigenvalue weighted by molar-refractivity contribution is 0.107. The lowest BCUT2D eigenvalue weighted by Crippen LogP contribution is -2.50. The Kier molecular flexibility index (Phi) is 10.7. The van der Waals surface area contributed by atoms with Crippen molar-refractivity contribution in [3.63, 3.8) is 0 Å². The van der Waals surface area contributed by atoms with Crippen molar-refractivity contribution in [2.75, 3.05) is 31.1 Å². The number of benzene rings is 2. The first-order chi connectivity index (χ1) is 25.7. The number of hydrogen-bond acceptors (Lipinski definition) is 8. The van der Waals surface area contributed by atoms with Gasteiger partial charge in [0.2, 0.25) is 0 Å². The van der Waals surface area contributed by atoms with Crippen LogP contribution >= 0.6 is 0 Å². The molecule has 0 spiro atoms. The monoisotopic (exact) mass is 763 g/mol. The zero-order chi connectivity index (χ0) is 38.7. The van der Waals surface area contributed by atoms with Gasteiger partial charge < -0.3 is 19.2 Å². The zero-order valence-electron chi connectivity index (χ0n) is 33.1. The molecule has 4 aromatic rings. The lowest BCUT2D eigenvalue weighted by atomic mass is 9.94. The molecule has 8 nitrogen and oxygen atoms in total. The smallest absolute Gasteiger partial charge is 0.319 e. The second kappa shape index (κ2) is 14.9. The molecule has 292 valence electrons. The van der Waals surface area contributed by atoms with Crippen LogP contribution in [-0.2, 0) is 6.42 Å². The minimum Gasteiger partial charge on any atom is -0.543 e. The number of hydrogen-bond donors (Lipinski definition) is 1. The third-order valence-corrected chi connectivity index (χ3v) is 18.8. The molecular weight excluding hydrogens is 708 g/mol. The van der Waals surface area contributed by atoms with E-state index in [4.69, 9.17) is 24.1 Å². The van der Waals surface area contributed by atoms with Gasteiger partial charge in [0, 0.05) is 37.3 Å². The molecule has 2 aromatic heterocycles. The molecule has 0 saturated carbocycles. The highest BCUT2D eigenvalue weighted by Crippen LogP contribution is 2.46. The lowest BCUT2D eigenvalue weighted by Gasteiger charge is -2.42. The number of anilines is 1. The first-order valence-corrected chi connectivity index (χ1v) is 22.1. The van der Waals surface area contributed by atoms with Crippen molar-refractivity contribution in [1.29, 1.82) is 0 Å². The van der Waals surface area contributed by atoms with E-state index in [1.54, 1.807) is 12.3 Å². The average Bonchev–Trinajstić information content (AvgIpc) is 3.65. The molecule has 5 heterocycles. The molecule has 12 heteroatoms. The van der Waals surface area contributed by atoms with Crippen molar-refractivity contribution in [3.05, 3.63) is 47.7 Å². The second-order valence-corrected chi connectivity index (χ2v) is 22.4. The minimum absolute atomic E-state index is 0.00633. The quantitative estimate of drug-likeness (QED) is 0.151. The van der Waals surface area contributed by atoms with Gasteiger partial charge in [-0.1, -0.05) is 54.5 Å². The molecule has 0 unspecified atom stereocenters. The highest BCUT2D eigenvalue weighted by atomic mass is 28.4. The van der Waals surface area contributed by atoms with Crippen LogP contribution in [0.25, 0.3) is 32.9 Å². The number of β-amino-alcohol motifs (C(OH)–C–C–N with tert-alkyl or cyclic N) is 1. The Morgan fingerprint density at radius 2 is 1.76 bits per heavy atom. The van der Waals surface area contributed by atoms with Crippen molar-refractivity contribution < 1.29 is 27.4 Å². The number of fused-ring (bicyclic) bond motifs is 3. The van der Waals surface area contributed by atoms with Gasteiger partial charge in [-0.2, -0.15) is 9.97 Å². The van der Waals surface area contributed by atoms with Gasteiger partial charge >= 0.3 is 6.01 Å². The first kappa shape index (κ1) is 38.8. The molecule has 7 rings (SSSR count). The molecule has 4 atom stereocenters. The van der Waals surface area contributed by atoms with Gasteiger partial charge in [-0.05, 0) is 96.7 Å². The zero-order valence-corrected chi connectivity index (χ0v) is 34.1. The Bertz CT molecular complexity index is 2010. The predicted molar refractivity (Wildman–Crippen MR) is 212 cm³/mol. The maximum atomic E-state index is 17.5. The van der Waals surface area contributed by atoms with Crippen molar-refractivity contribution in [2.45, 2.75) is 134 Å². The van der Waals surface area contributed by atoms with Gasteiger partial charge in [-0.15, -0.1) is 0 Å². The molecule has 0 amide bonds. The number of ether oxygens (including phenoxy) is 1. The second-order valence-electron chi connectivity index (χ2n) is 17.0.